The molecular weight excluding hydrogens is 228 g/mol. The van der Waals surface area contributed by atoms with Gasteiger partial charge in [-0.1, -0.05) is 0 Å². The van der Waals surface area contributed by atoms with Gasteiger partial charge in [-0.2, -0.15) is 8.78 Å². The lowest BCUT2D eigenvalue weighted by Gasteiger charge is -2.12. The van der Waals surface area contributed by atoms with Crippen LogP contribution in [-0.4, -0.2) is 21.0 Å². The molecular formula is C8H6F4N4. The fourth-order valence-electron chi connectivity index (χ4n) is 1.23. The van der Waals surface area contributed by atoms with Gasteiger partial charge in [-0.15, -0.1) is 10.2 Å². The second kappa shape index (κ2) is 3.32. The van der Waals surface area contributed by atoms with E-state index in [1.165, 1.54) is 12.1 Å². The normalized spacial score (nSPS) is 12.6. The Bertz CT molecular complexity index is 522. The van der Waals surface area contributed by atoms with Crippen molar-refractivity contribution in [2.45, 2.75) is 12.3 Å². The summed E-state index contributed by atoms with van der Waals surface area (Å²) in [5.74, 6) is -5.47. The maximum absolute atomic E-state index is 13.1. The highest BCUT2D eigenvalue weighted by atomic mass is 19.3. The van der Waals surface area contributed by atoms with Gasteiger partial charge in [-0.05, 0) is 12.1 Å². The van der Waals surface area contributed by atoms with Gasteiger partial charge in [0.2, 0.25) is 5.82 Å². The van der Waals surface area contributed by atoms with E-state index in [0.29, 0.717) is 0 Å². The molecule has 0 saturated carbocycles. The minimum Gasteiger partial charge on any atom is -0.398 e. The quantitative estimate of drug-likeness (QED) is 0.804. The summed E-state index contributed by atoms with van der Waals surface area (Å²) < 4.78 is 51.2. The van der Waals surface area contributed by atoms with Crippen molar-refractivity contribution in [3.63, 3.8) is 0 Å². The van der Waals surface area contributed by atoms with Crippen molar-refractivity contribution in [3.05, 3.63) is 24.2 Å². The highest BCUT2D eigenvalue weighted by Crippen LogP contribution is 2.33. The van der Waals surface area contributed by atoms with Gasteiger partial charge in [0.05, 0.1) is 0 Å². The van der Waals surface area contributed by atoms with Crippen LogP contribution in [0.1, 0.15) is 5.82 Å². The van der Waals surface area contributed by atoms with Crippen LogP contribution in [0.4, 0.5) is 23.2 Å². The number of fused-ring (bicyclic) bond motifs is 1. The number of alkyl halides is 4. The Morgan fingerprint density at radius 2 is 1.94 bits per heavy atom. The van der Waals surface area contributed by atoms with Gasteiger partial charge in [-0.3, -0.25) is 4.40 Å². The van der Waals surface area contributed by atoms with Gasteiger partial charge in [0.1, 0.15) is 0 Å². The molecule has 0 radical (unpaired) electrons. The lowest BCUT2D eigenvalue weighted by atomic mass is 10.3. The van der Waals surface area contributed by atoms with Crippen LogP contribution in [0.5, 0.6) is 0 Å². The molecule has 2 N–H and O–H groups in total. The molecule has 0 aliphatic heterocycles. The van der Waals surface area contributed by atoms with Crippen LogP contribution in [0.15, 0.2) is 18.3 Å². The van der Waals surface area contributed by atoms with Crippen molar-refractivity contribution in [1.29, 1.82) is 0 Å². The summed E-state index contributed by atoms with van der Waals surface area (Å²) in [5, 5.41) is 6.41. The number of nitrogen functional groups attached to an aromatic ring is 1. The van der Waals surface area contributed by atoms with E-state index in [0.717, 1.165) is 10.6 Å². The number of nitrogens with zero attached hydrogens (tertiary/aromatic N) is 3. The lowest BCUT2D eigenvalue weighted by Crippen LogP contribution is -2.26. The van der Waals surface area contributed by atoms with Crippen molar-refractivity contribution >= 4 is 11.3 Å². The lowest BCUT2D eigenvalue weighted by molar-refractivity contribution is -0.141. The van der Waals surface area contributed by atoms with Gasteiger partial charge < -0.3 is 5.73 Å². The number of nitrogens with two attached hydrogens (primary N) is 1. The standard InChI is InChI=1S/C8H6F4N4/c9-6(10)8(11,12)7-15-14-5-2-1-4(13)3-16(5)7/h1-3,6H,13H2. The smallest absolute Gasteiger partial charge is 0.366 e. The minimum atomic E-state index is -4.35. The van der Waals surface area contributed by atoms with Crippen molar-refractivity contribution < 1.29 is 17.6 Å². The molecule has 86 valence electrons. The zero-order chi connectivity index (χ0) is 11.9. The summed E-state index contributed by atoms with van der Waals surface area (Å²) in [4.78, 5) is 0. The predicted molar refractivity (Wildman–Crippen MR) is 47.3 cm³/mol. The van der Waals surface area contributed by atoms with Crippen LogP contribution in [0.2, 0.25) is 0 Å². The molecule has 4 nitrogen and oxygen atoms in total. The monoisotopic (exact) mass is 234 g/mol. The van der Waals surface area contributed by atoms with E-state index in [1.807, 2.05) is 0 Å². The molecule has 8 heteroatoms. The molecule has 16 heavy (non-hydrogen) atoms. The first-order chi connectivity index (χ1) is 7.43. The molecule has 2 aromatic rings. The van der Waals surface area contributed by atoms with E-state index in [4.69, 9.17) is 5.73 Å². The topological polar surface area (TPSA) is 56.2 Å². The van der Waals surface area contributed by atoms with Crippen LogP contribution in [0, 0.1) is 0 Å². The Hall–Kier alpha value is -1.86. The maximum atomic E-state index is 13.1. The molecule has 0 aliphatic carbocycles. The molecule has 2 aromatic heterocycles. The third-order valence-corrected chi connectivity index (χ3v) is 2.00. The summed E-state index contributed by atoms with van der Waals surface area (Å²) in [6, 6.07) is 2.72. The SMILES string of the molecule is Nc1ccc2nnc(C(F)(F)C(F)F)n2c1. The first kappa shape index (κ1) is 10.7. The maximum Gasteiger partial charge on any atom is 0.366 e. The summed E-state index contributed by atoms with van der Waals surface area (Å²) in [6.07, 6.45) is -2.78. The number of hydrogen-bond acceptors (Lipinski definition) is 3. The van der Waals surface area contributed by atoms with Gasteiger partial charge in [0.15, 0.2) is 5.65 Å². The molecule has 0 aromatic carbocycles. The van der Waals surface area contributed by atoms with Gasteiger partial charge in [0, 0.05) is 11.9 Å². The van der Waals surface area contributed by atoms with Crippen molar-refractivity contribution in [1.82, 2.24) is 14.6 Å². The number of pyridine rings is 1. The van der Waals surface area contributed by atoms with E-state index in [-0.39, 0.29) is 11.3 Å². The van der Waals surface area contributed by atoms with Gasteiger partial charge in [0.25, 0.3) is 0 Å². The van der Waals surface area contributed by atoms with E-state index < -0.39 is 18.2 Å². The molecule has 0 spiro atoms. The summed E-state index contributed by atoms with van der Waals surface area (Å²) in [7, 11) is 0. The third kappa shape index (κ3) is 1.46. The van der Waals surface area contributed by atoms with Crippen LogP contribution in [-0.2, 0) is 5.92 Å². The number of halogens is 4. The number of aromatic nitrogens is 3. The second-order valence-electron chi connectivity index (χ2n) is 3.14. The predicted octanol–water partition coefficient (Wildman–Crippen LogP) is 1.67. The Morgan fingerprint density at radius 1 is 1.25 bits per heavy atom. The molecule has 0 unspecified atom stereocenters. The van der Waals surface area contributed by atoms with E-state index in [2.05, 4.69) is 10.2 Å². The van der Waals surface area contributed by atoms with Crippen molar-refractivity contribution in [2.24, 2.45) is 0 Å². The Kier molecular flexibility index (Phi) is 2.21. The number of rotatable bonds is 2. The zero-order valence-corrected chi connectivity index (χ0v) is 7.74. The molecule has 0 bridgehead atoms. The first-order valence-electron chi connectivity index (χ1n) is 4.19. The van der Waals surface area contributed by atoms with Crippen LogP contribution < -0.4 is 5.73 Å². The Labute approximate surface area is 86.7 Å². The first-order valence-corrected chi connectivity index (χ1v) is 4.19. The van der Waals surface area contributed by atoms with Crippen LogP contribution in [0.3, 0.4) is 0 Å². The van der Waals surface area contributed by atoms with E-state index >= 15 is 0 Å². The fraction of sp³-hybridized carbons (Fsp3) is 0.250. The number of anilines is 1. The van der Waals surface area contributed by atoms with E-state index in [1.54, 1.807) is 0 Å². The average molecular weight is 234 g/mol. The molecule has 2 heterocycles. The second-order valence-corrected chi connectivity index (χ2v) is 3.14. The zero-order valence-electron chi connectivity index (χ0n) is 7.74. The summed E-state index contributed by atoms with van der Waals surface area (Å²) >= 11 is 0. The molecule has 0 fully saturated rings. The van der Waals surface area contributed by atoms with Crippen molar-refractivity contribution in [2.75, 3.05) is 5.73 Å². The Balaban J connectivity index is 2.65. The minimum absolute atomic E-state index is 0.0320. The molecule has 0 amide bonds. The van der Waals surface area contributed by atoms with Crippen LogP contribution in [0.25, 0.3) is 5.65 Å². The molecule has 0 atom stereocenters. The molecule has 0 aliphatic rings. The van der Waals surface area contributed by atoms with Crippen LogP contribution >= 0.6 is 0 Å². The summed E-state index contributed by atoms with van der Waals surface area (Å²) in [5.41, 5.74) is 5.55. The molecule has 2 rings (SSSR count). The highest BCUT2D eigenvalue weighted by molar-refractivity contribution is 5.47. The van der Waals surface area contributed by atoms with Crippen molar-refractivity contribution in [3.8, 4) is 0 Å². The van der Waals surface area contributed by atoms with Gasteiger partial charge >= 0.3 is 12.3 Å². The van der Waals surface area contributed by atoms with Gasteiger partial charge in [-0.25, -0.2) is 8.78 Å². The molecule has 0 saturated heterocycles. The summed E-state index contributed by atoms with van der Waals surface area (Å²) in [6.45, 7) is 0. The number of hydrogen-bond donors (Lipinski definition) is 1. The van der Waals surface area contributed by atoms with E-state index in [9.17, 15) is 17.6 Å². The fourth-order valence-corrected chi connectivity index (χ4v) is 1.23. The third-order valence-electron chi connectivity index (χ3n) is 2.00. The highest BCUT2D eigenvalue weighted by Gasteiger charge is 2.47. The average Bonchev–Trinajstić information content (AvgIpc) is 2.60. The Morgan fingerprint density at radius 3 is 2.56 bits per heavy atom. The largest absolute Gasteiger partial charge is 0.398 e.